The molecule has 0 aliphatic carbocycles. The number of amides is 1. The Hall–Kier alpha value is -2.24. The molecule has 0 saturated carbocycles. The molecule has 1 aromatic carbocycles. The maximum atomic E-state index is 11.8. The number of fused-ring (bicyclic) bond motifs is 1. The Balaban J connectivity index is 2.39. The Morgan fingerprint density at radius 3 is 2.94 bits per heavy atom. The highest BCUT2D eigenvalue weighted by molar-refractivity contribution is 5.87. The minimum Gasteiger partial charge on any atom is -0.497 e. The molecule has 0 radical (unpaired) electrons. The highest BCUT2D eigenvalue weighted by Gasteiger charge is 2.32. The van der Waals surface area contributed by atoms with Gasteiger partial charge in [0.2, 0.25) is 0 Å². The third-order valence-corrected chi connectivity index (χ3v) is 2.52. The molecule has 0 saturated heterocycles. The summed E-state index contributed by atoms with van der Waals surface area (Å²) < 4.78 is 15.0. The zero-order chi connectivity index (χ0) is 13.1. The first-order valence-corrected chi connectivity index (χ1v) is 5.48. The summed E-state index contributed by atoms with van der Waals surface area (Å²) in [5.41, 5.74) is 0.521. The van der Waals surface area contributed by atoms with E-state index in [1.54, 1.807) is 25.1 Å². The number of rotatable bonds is 3. The largest absolute Gasteiger partial charge is 0.497 e. The van der Waals surface area contributed by atoms with Gasteiger partial charge in [-0.1, -0.05) is 0 Å². The second-order valence-electron chi connectivity index (χ2n) is 3.62. The SMILES string of the molecule is CCOC(=O)C1NC(=O)Oc2ccc(OC)cc21. The van der Waals surface area contributed by atoms with Crippen LogP contribution in [0.5, 0.6) is 11.5 Å². The maximum Gasteiger partial charge on any atom is 0.413 e. The number of esters is 1. The molecular weight excluding hydrogens is 238 g/mol. The predicted molar refractivity (Wildman–Crippen MR) is 61.5 cm³/mol. The number of methoxy groups -OCH3 is 1. The van der Waals surface area contributed by atoms with Crippen LogP contribution in [0.3, 0.4) is 0 Å². The van der Waals surface area contributed by atoms with Crippen molar-refractivity contribution in [1.29, 1.82) is 0 Å². The minimum atomic E-state index is -0.865. The lowest BCUT2D eigenvalue weighted by Gasteiger charge is -2.24. The van der Waals surface area contributed by atoms with Crippen molar-refractivity contribution in [2.24, 2.45) is 0 Å². The molecule has 0 spiro atoms. The molecule has 6 heteroatoms. The van der Waals surface area contributed by atoms with Crippen molar-refractivity contribution in [1.82, 2.24) is 5.32 Å². The normalized spacial score (nSPS) is 17.2. The molecule has 0 bridgehead atoms. The van der Waals surface area contributed by atoms with E-state index >= 15 is 0 Å². The molecule has 18 heavy (non-hydrogen) atoms. The van der Waals surface area contributed by atoms with E-state index in [-0.39, 0.29) is 6.61 Å². The van der Waals surface area contributed by atoms with E-state index < -0.39 is 18.1 Å². The van der Waals surface area contributed by atoms with Crippen LogP contribution in [-0.2, 0) is 9.53 Å². The van der Waals surface area contributed by atoms with Crippen molar-refractivity contribution in [3.05, 3.63) is 23.8 Å². The first kappa shape index (κ1) is 12.2. The Morgan fingerprint density at radius 2 is 2.28 bits per heavy atom. The molecule has 6 nitrogen and oxygen atoms in total. The molecule has 1 unspecified atom stereocenters. The second kappa shape index (κ2) is 4.95. The Kier molecular flexibility index (Phi) is 3.36. The lowest BCUT2D eigenvalue weighted by atomic mass is 10.0. The number of carbonyl (C=O) groups is 2. The lowest BCUT2D eigenvalue weighted by molar-refractivity contribution is -0.145. The van der Waals surface area contributed by atoms with Gasteiger partial charge in [-0.25, -0.2) is 9.59 Å². The van der Waals surface area contributed by atoms with Gasteiger partial charge >= 0.3 is 12.1 Å². The molecule has 1 aliphatic heterocycles. The number of hydrogen-bond donors (Lipinski definition) is 1. The van der Waals surface area contributed by atoms with Crippen LogP contribution in [0.4, 0.5) is 4.79 Å². The van der Waals surface area contributed by atoms with Crippen molar-refractivity contribution in [3.63, 3.8) is 0 Å². The minimum absolute atomic E-state index is 0.241. The molecule has 1 amide bonds. The van der Waals surface area contributed by atoms with Crippen LogP contribution in [0.2, 0.25) is 0 Å². The monoisotopic (exact) mass is 251 g/mol. The second-order valence-corrected chi connectivity index (χ2v) is 3.62. The van der Waals surface area contributed by atoms with Crippen LogP contribution in [0.25, 0.3) is 0 Å². The van der Waals surface area contributed by atoms with Crippen molar-refractivity contribution in [2.75, 3.05) is 13.7 Å². The fraction of sp³-hybridized carbons (Fsp3) is 0.333. The average Bonchev–Trinajstić information content (AvgIpc) is 2.37. The quantitative estimate of drug-likeness (QED) is 0.822. The third kappa shape index (κ3) is 2.22. The fourth-order valence-corrected chi connectivity index (χ4v) is 1.71. The van der Waals surface area contributed by atoms with Crippen molar-refractivity contribution < 1.29 is 23.8 Å². The zero-order valence-corrected chi connectivity index (χ0v) is 10.1. The van der Waals surface area contributed by atoms with E-state index in [2.05, 4.69) is 5.32 Å². The van der Waals surface area contributed by atoms with Gasteiger partial charge in [-0.3, -0.25) is 0 Å². The van der Waals surface area contributed by atoms with Crippen LogP contribution < -0.4 is 14.8 Å². The Labute approximate surface area is 104 Å². The van der Waals surface area contributed by atoms with E-state index in [9.17, 15) is 9.59 Å². The fourth-order valence-electron chi connectivity index (χ4n) is 1.71. The van der Waals surface area contributed by atoms with Gasteiger partial charge in [-0.05, 0) is 25.1 Å². The van der Waals surface area contributed by atoms with Gasteiger partial charge in [0.1, 0.15) is 11.5 Å². The molecular formula is C12H13NO5. The molecule has 0 fully saturated rings. The van der Waals surface area contributed by atoms with E-state index in [0.717, 1.165) is 0 Å². The molecule has 2 rings (SSSR count). The lowest BCUT2D eigenvalue weighted by Crippen LogP contribution is -2.40. The van der Waals surface area contributed by atoms with Crippen LogP contribution in [0.15, 0.2) is 18.2 Å². The van der Waals surface area contributed by atoms with Crippen LogP contribution >= 0.6 is 0 Å². The third-order valence-electron chi connectivity index (χ3n) is 2.52. The summed E-state index contributed by atoms with van der Waals surface area (Å²) >= 11 is 0. The Bertz CT molecular complexity index is 485. The molecule has 1 atom stereocenters. The van der Waals surface area contributed by atoms with Gasteiger partial charge in [0.25, 0.3) is 0 Å². The molecule has 1 aromatic rings. The Morgan fingerprint density at radius 1 is 1.50 bits per heavy atom. The number of hydrogen-bond acceptors (Lipinski definition) is 5. The smallest absolute Gasteiger partial charge is 0.413 e. The van der Waals surface area contributed by atoms with Crippen molar-refractivity contribution >= 4 is 12.1 Å². The molecule has 96 valence electrons. The van der Waals surface area contributed by atoms with Gasteiger partial charge in [0.05, 0.1) is 13.7 Å². The van der Waals surface area contributed by atoms with Gasteiger partial charge < -0.3 is 19.5 Å². The van der Waals surface area contributed by atoms with Gasteiger partial charge in [0, 0.05) is 5.56 Å². The maximum absolute atomic E-state index is 11.8. The van der Waals surface area contributed by atoms with Gasteiger partial charge in [-0.15, -0.1) is 0 Å². The van der Waals surface area contributed by atoms with Gasteiger partial charge in [0.15, 0.2) is 6.04 Å². The van der Waals surface area contributed by atoms with E-state index in [4.69, 9.17) is 14.2 Å². The summed E-state index contributed by atoms with van der Waals surface area (Å²) in [5.74, 6) is 0.379. The summed E-state index contributed by atoms with van der Waals surface area (Å²) in [6.07, 6.45) is -0.675. The number of ether oxygens (including phenoxy) is 3. The van der Waals surface area contributed by atoms with Crippen LogP contribution in [0, 0.1) is 0 Å². The molecule has 1 heterocycles. The summed E-state index contributed by atoms with van der Waals surface area (Å²) in [6.45, 7) is 1.94. The number of carbonyl (C=O) groups excluding carboxylic acids is 2. The van der Waals surface area contributed by atoms with E-state index in [1.807, 2.05) is 0 Å². The van der Waals surface area contributed by atoms with Crippen LogP contribution in [0.1, 0.15) is 18.5 Å². The average molecular weight is 251 g/mol. The van der Waals surface area contributed by atoms with E-state index in [1.165, 1.54) is 7.11 Å². The summed E-state index contributed by atoms with van der Waals surface area (Å²) in [7, 11) is 1.52. The first-order valence-electron chi connectivity index (χ1n) is 5.48. The summed E-state index contributed by atoms with van der Waals surface area (Å²) in [6, 6.07) is 4.01. The highest BCUT2D eigenvalue weighted by Crippen LogP contribution is 2.33. The topological polar surface area (TPSA) is 73.9 Å². The number of benzene rings is 1. The number of nitrogens with one attached hydrogen (secondary N) is 1. The van der Waals surface area contributed by atoms with Gasteiger partial charge in [-0.2, -0.15) is 0 Å². The summed E-state index contributed by atoms with van der Waals surface area (Å²) in [4.78, 5) is 23.1. The zero-order valence-electron chi connectivity index (χ0n) is 10.1. The summed E-state index contributed by atoms with van der Waals surface area (Å²) in [5, 5.41) is 2.42. The predicted octanol–water partition coefficient (Wildman–Crippen LogP) is 1.40. The molecule has 0 aromatic heterocycles. The first-order chi connectivity index (χ1) is 8.65. The molecule has 1 N–H and O–H groups in total. The molecule has 1 aliphatic rings. The van der Waals surface area contributed by atoms with Crippen molar-refractivity contribution in [2.45, 2.75) is 13.0 Å². The highest BCUT2D eigenvalue weighted by atomic mass is 16.6. The standard InChI is InChI=1S/C12H13NO5/c1-3-17-11(14)10-8-6-7(16-2)4-5-9(8)18-12(15)13-10/h4-6,10H,3H2,1-2H3,(H,13,15). The van der Waals surface area contributed by atoms with E-state index in [0.29, 0.717) is 17.1 Å². The van der Waals surface area contributed by atoms with Crippen molar-refractivity contribution in [3.8, 4) is 11.5 Å². The van der Waals surface area contributed by atoms with Crippen LogP contribution in [-0.4, -0.2) is 25.8 Å².